The molecule has 1 fully saturated rings. The fourth-order valence-electron chi connectivity index (χ4n) is 4.25. The zero-order valence-corrected chi connectivity index (χ0v) is 16.7. The molecule has 152 valence electrons. The molecule has 2 aliphatic rings. The second-order valence-electron chi connectivity index (χ2n) is 7.62. The number of carbonyl (C=O) groups is 2. The van der Waals surface area contributed by atoms with Crippen molar-refractivity contribution < 1.29 is 14.3 Å². The summed E-state index contributed by atoms with van der Waals surface area (Å²) < 4.78 is 5.51. The highest BCUT2D eigenvalue weighted by Gasteiger charge is 2.29. The van der Waals surface area contributed by atoms with Crippen molar-refractivity contribution in [2.24, 2.45) is 0 Å². The summed E-state index contributed by atoms with van der Waals surface area (Å²) in [4.78, 5) is 26.5. The second-order valence-corrected chi connectivity index (χ2v) is 7.62. The highest BCUT2D eigenvalue weighted by molar-refractivity contribution is 5.99. The van der Waals surface area contributed by atoms with Gasteiger partial charge in [0.1, 0.15) is 5.75 Å². The lowest BCUT2D eigenvalue weighted by molar-refractivity contribution is -0.134. The van der Waals surface area contributed by atoms with E-state index in [1.54, 1.807) is 7.11 Å². The number of anilines is 1. The lowest BCUT2D eigenvalue weighted by atomic mass is 10.00. The van der Waals surface area contributed by atoms with Crippen LogP contribution in [-0.4, -0.2) is 43.5 Å². The minimum absolute atomic E-state index is 0.00974. The average molecular weight is 393 g/mol. The predicted molar refractivity (Wildman–Crippen MR) is 112 cm³/mol. The van der Waals surface area contributed by atoms with Crippen LogP contribution in [0.25, 0.3) is 0 Å². The Balaban J connectivity index is 1.38. The number of methoxy groups -OCH3 is 1. The van der Waals surface area contributed by atoms with Gasteiger partial charge >= 0.3 is 0 Å². The lowest BCUT2D eigenvalue weighted by Gasteiger charge is -2.37. The third-order valence-electron chi connectivity index (χ3n) is 5.71. The van der Waals surface area contributed by atoms with Gasteiger partial charge in [-0.2, -0.15) is 0 Å². The molecule has 6 heteroatoms. The van der Waals surface area contributed by atoms with Crippen LogP contribution in [-0.2, 0) is 22.4 Å². The first-order valence-corrected chi connectivity index (χ1v) is 10.2. The Bertz CT molecular complexity index is 912. The van der Waals surface area contributed by atoms with Crippen molar-refractivity contribution in [3.05, 3.63) is 59.2 Å². The third-order valence-corrected chi connectivity index (χ3v) is 5.71. The maximum Gasteiger partial charge on any atom is 0.228 e. The Labute approximate surface area is 171 Å². The molecule has 29 heavy (non-hydrogen) atoms. The van der Waals surface area contributed by atoms with Gasteiger partial charge in [0.2, 0.25) is 11.8 Å². The van der Waals surface area contributed by atoms with Gasteiger partial charge in [0.05, 0.1) is 19.6 Å². The number of rotatable bonds is 6. The van der Waals surface area contributed by atoms with Crippen LogP contribution in [0.1, 0.15) is 35.6 Å². The molecule has 0 aromatic heterocycles. The summed E-state index contributed by atoms with van der Waals surface area (Å²) in [6, 6.07) is 14.0. The Morgan fingerprint density at radius 3 is 2.97 bits per heavy atom. The molecule has 0 saturated carbocycles. The first kappa shape index (κ1) is 19.5. The Morgan fingerprint density at radius 2 is 2.10 bits per heavy atom. The highest BCUT2D eigenvalue weighted by atomic mass is 16.5. The van der Waals surface area contributed by atoms with Gasteiger partial charge in [-0.15, -0.1) is 0 Å². The van der Waals surface area contributed by atoms with E-state index in [4.69, 9.17) is 4.74 Å². The van der Waals surface area contributed by atoms with E-state index < -0.39 is 0 Å². The summed E-state index contributed by atoms with van der Waals surface area (Å²) in [5.74, 6) is 1.05. The minimum Gasteiger partial charge on any atom is -0.496 e. The normalized spacial score (nSPS) is 18.3. The van der Waals surface area contributed by atoms with E-state index in [9.17, 15) is 9.59 Å². The van der Waals surface area contributed by atoms with Crippen molar-refractivity contribution in [3.8, 4) is 5.75 Å². The molecular weight excluding hydrogens is 366 g/mol. The number of fused-ring (bicyclic) bond motifs is 1. The molecule has 0 bridgehead atoms. The molecule has 1 saturated heterocycles. The average Bonchev–Trinajstić information content (AvgIpc) is 3.13. The molecule has 4 rings (SSSR count). The van der Waals surface area contributed by atoms with E-state index in [1.807, 2.05) is 41.3 Å². The third kappa shape index (κ3) is 4.27. The lowest BCUT2D eigenvalue weighted by Crippen LogP contribution is -2.48. The molecule has 0 radical (unpaired) electrons. The number of amides is 2. The molecule has 2 heterocycles. The zero-order valence-electron chi connectivity index (χ0n) is 16.7. The van der Waals surface area contributed by atoms with Crippen LogP contribution < -0.4 is 15.4 Å². The topological polar surface area (TPSA) is 70.7 Å². The molecule has 1 unspecified atom stereocenters. The number of carbonyl (C=O) groups excluding carboxylic acids is 2. The molecule has 2 aromatic carbocycles. The van der Waals surface area contributed by atoms with E-state index in [2.05, 4.69) is 16.7 Å². The maximum absolute atomic E-state index is 13.0. The molecule has 2 aromatic rings. The monoisotopic (exact) mass is 393 g/mol. The van der Waals surface area contributed by atoms with Crippen molar-refractivity contribution in [1.29, 1.82) is 0 Å². The quantitative estimate of drug-likeness (QED) is 0.792. The van der Waals surface area contributed by atoms with Crippen molar-refractivity contribution in [3.63, 3.8) is 0 Å². The Morgan fingerprint density at radius 1 is 1.24 bits per heavy atom. The summed E-state index contributed by atoms with van der Waals surface area (Å²) in [6.07, 6.45) is 2.59. The zero-order chi connectivity index (χ0) is 20.2. The van der Waals surface area contributed by atoms with Crippen LogP contribution in [0, 0.1) is 0 Å². The first-order valence-electron chi connectivity index (χ1n) is 10.2. The van der Waals surface area contributed by atoms with Crippen molar-refractivity contribution in [2.45, 2.75) is 31.7 Å². The van der Waals surface area contributed by atoms with Crippen LogP contribution in [0.4, 0.5) is 5.69 Å². The standard InChI is InChI=1S/C23H27N3O3/c1-29-21-7-3-2-6-18(21)20-15-24-11-12-26(20)23(28)8-4-5-16-9-10-19-17(13-16)14-22(27)25-19/h2-3,6-7,9-10,13,20,24H,4-5,8,11-12,14-15H2,1H3,(H,25,27). The summed E-state index contributed by atoms with van der Waals surface area (Å²) in [7, 11) is 1.67. The summed E-state index contributed by atoms with van der Waals surface area (Å²) in [6.45, 7) is 2.25. The Kier molecular flexibility index (Phi) is 5.81. The number of para-hydroxylation sites is 1. The van der Waals surface area contributed by atoms with Gasteiger partial charge in [-0.25, -0.2) is 0 Å². The van der Waals surface area contributed by atoms with Gasteiger partial charge in [0.25, 0.3) is 0 Å². The number of hydrogen-bond donors (Lipinski definition) is 2. The van der Waals surface area contributed by atoms with Crippen LogP contribution in [0.3, 0.4) is 0 Å². The van der Waals surface area contributed by atoms with E-state index in [-0.39, 0.29) is 17.9 Å². The minimum atomic E-state index is -0.00974. The number of ether oxygens (including phenoxy) is 1. The van der Waals surface area contributed by atoms with Crippen LogP contribution >= 0.6 is 0 Å². The predicted octanol–water partition coefficient (Wildman–Crippen LogP) is 2.69. The van der Waals surface area contributed by atoms with Crippen molar-refractivity contribution in [2.75, 3.05) is 32.1 Å². The SMILES string of the molecule is COc1ccccc1C1CNCCN1C(=O)CCCc1ccc2c(c1)CC(=O)N2. The van der Waals surface area contributed by atoms with Gasteiger partial charge in [0.15, 0.2) is 0 Å². The van der Waals surface area contributed by atoms with E-state index in [0.29, 0.717) is 19.4 Å². The van der Waals surface area contributed by atoms with E-state index >= 15 is 0 Å². The molecule has 2 amide bonds. The van der Waals surface area contributed by atoms with Gasteiger partial charge in [-0.3, -0.25) is 9.59 Å². The fraction of sp³-hybridized carbons (Fsp3) is 0.391. The van der Waals surface area contributed by atoms with Gasteiger partial charge < -0.3 is 20.3 Å². The number of hydrogen-bond acceptors (Lipinski definition) is 4. The van der Waals surface area contributed by atoms with Gasteiger partial charge in [-0.1, -0.05) is 30.3 Å². The van der Waals surface area contributed by atoms with Crippen molar-refractivity contribution in [1.82, 2.24) is 10.2 Å². The van der Waals surface area contributed by atoms with Gasteiger partial charge in [-0.05, 0) is 36.1 Å². The molecule has 1 atom stereocenters. The van der Waals surface area contributed by atoms with E-state index in [1.165, 1.54) is 5.56 Å². The molecule has 2 N–H and O–H groups in total. The number of aryl methyl sites for hydroxylation is 1. The fourth-order valence-corrected chi connectivity index (χ4v) is 4.25. The first-order chi connectivity index (χ1) is 14.2. The molecule has 0 spiro atoms. The largest absolute Gasteiger partial charge is 0.496 e. The number of nitrogens with one attached hydrogen (secondary N) is 2. The molecule has 0 aliphatic carbocycles. The Hall–Kier alpha value is -2.86. The smallest absolute Gasteiger partial charge is 0.228 e. The highest BCUT2D eigenvalue weighted by Crippen LogP contribution is 2.31. The van der Waals surface area contributed by atoms with Crippen molar-refractivity contribution >= 4 is 17.5 Å². The molecular formula is C23H27N3O3. The molecule has 6 nitrogen and oxygen atoms in total. The van der Waals surface area contributed by atoms with Crippen LogP contribution in [0.5, 0.6) is 5.75 Å². The van der Waals surface area contributed by atoms with E-state index in [0.717, 1.165) is 48.5 Å². The summed E-state index contributed by atoms with van der Waals surface area (Å²) in [5.41, 5.74) is 4.19. The summed E-state index contributed by atoms with van der Waals surface area (Å²) in [5, 5.41) is 6.25. The molecule has 2 aliphatic heterocycles. The summed E-state index contributed by atoms with van der Waals surface area (Å²) >= 11 is 0. The number of piperazine rings is 1. The van der Waals surface area contributed by atoms with Crippen LogP contribution in [0.15, 0.2) is 42.5 Å². The van der Waals surface area contributed by atoms with Gasteiger partial charge in [0, 0.05) is 37.3 Å². The van der Waals surface area contributed by atoms with Crippen LogP contribution in [0.2, 0.25) is 0 Å². The number of benzene rings is 2. The number of nitrogens with zero attached hydrogens (tertiary/aromatic N) is 1. The second kappa shape index (κ2) is 8.66. The maximum atomic E-state index is 13.0.